The van der Waals surface area contributed by atoms with Crippen LogP contribution in [-0.2, 0) is 11.3 Å². The lowest BCUT2D eigenvalue weighted by Gasteiger charge is -2.05. The molecule has 1 aromatic heterocycles. The summed E-state index contributed by atoms with van der Waals surface area (Å²) in [6.45, 7) is 0.00725. The van der Waals surface area contributed by atoms with Crippen molar-refractivity contribution in [1.82, 2.24) is 4.98 Å². The van der Waals surface area contributed by atoms with Crippen LogP contribution in [0.1, 0.15) is 16.1 Å². The highest BCUT2D eigenvalue weighted by Gasteiger charge is 2.26. The summed E-state index contributed by atoms with van der Waals surface area (Å²) in [5.74, 6) is -0.882. The Morgan fingerprint density at radius 3 is 2.65 bits per heavy atom. The van der Waals surface area contributed by atoms with E-state index < -0.39 is 22.3 Å². The molecule has 0 spiro atoms. The van der Waals surface area contributed by atoms with Gasteiger partial charge in [-0.05, 0) is 11.6 Å². The predicted molar refractivity (Wildman–Crippen MR) is 70.9 cm³/mol. The number of rotatable bonds is 4. The molecule has 102 valence electrons. The molecule has 7 nitrogen and oxygen atoms in total. The SMILES string of the molecule is Nc1ccnc(C(=O)OCc2ccccc2)c1[N+](=O)[O-]. The van der Waals surface area contributed by atoms with Crippen molar-refractivity contribution in [2.75, 3.05) is 5.73 Å². The van der Waals surface area contributed by atoms with Gasteiger partial charge in [0.15, 0.2) is 0 Å². The van der Waals surface area contributed by atoms with E-state index in [0.717, 1.165) is 5.56 Å². The van der Waals surface area contributed by atoms with Crippen LogP contribution in [0.3, 0.4) is 0 Å². The van der Waals surface area contributed by atoms with Crippen molar-refractivity contribution in [2.45, 2.75) is 6.61 Å². The Bertz CT molecular complexity index is 643. The number of hydrogen-bond donors (Lipinski definition) is 1. The molecule has 0 saturated heterocycles. The number of esters is 1. The van der Waals surface area contributed by atoms with Gasteiger partial charge in [-0.25, -0.2) is 9.78 Å². The van der Waals surface area contributed by atoms with E-state index in [1.165, 1.54) is 12.3 Å². The molecular formula is C13H11N3O4. The summed E-state index contributed by atoms with van der Waals surface area (Å²) in [7, 11) is 0. The minimum absolute atomic E-state index is 0.00725. The zero-order valence-electron chi connectivity index (χ0n) is 10.4. The number of carbonyl (C=O) groups is 1. The summed E-state index contributed by atoms with van der Waals surface area (Å²) in [6.07, 6.45) is 1.22. The van der Waals surface area contributed by atoms with Crippen LogP contribution in [0.2, 0.25) is 0 Å². The molecule has 0 saturated carbocycles. The second kappa shape index (κ2) is 5.79. The molecule has 0 fully saturated rings. The summed E-state index contributed by atoms with van der Waals surface area (Å²) < 4.78 is 5.00. The normalized spacial score (nSPS) is 10.0. The van der Waals surface area contributed by atoms with Crippen LogP contribution < -0.4 is 5.73 Å². The number of anilines is 1. The fraction of sp³-hybridized carbons (Fsp3) is 0.0769. The number of carbonyl (C=O) groups excluding carboxylic acids is 1. The van der Waals surface area contributed by atoms with Crippen LogP contribution in [0.5, 0.6) is 0 Å². The maximum absolute atomic E-state index is 11.9. The van der Waals surface area contributed by atoms with E-state index in [4.69, 9.17) is 10.5 Å². The average molecular weight is 273 g/mol. The number of nitrogen functional groups attached to an aromatic ring is 1. The third-order valence-corrected chi connectivity index (χ3v) is 2.54. The van der Waals surface area contributed by atoms with Gasteiger partial charge in [-0.1, -0.05) is 30.3 Å². The molecule has 0 unspecified atom stereocenters. The molecule has 1 heterocycles. The lowest BCUT2D eigenvalue weighted by molar-refractivity contribution is -0.384. The lowest BCUT2D eigenvalue weighted by Crippen LogP contribution is -2.12. The molecule has 0 atom stereocenters. The molecule has 20 heavy (non-hydrogen) atoms. The number of pyridine rings is 1. The van der Waals surface area contributed by atoms with Crippen molar-refractivity contribution in [3.8, 4) is 0 Å². The highest BCUT2D eigenvalue weighted by atomic mass is 16.6. The van der Waals surface area contributed by atoms with Gasteiger partial charge in [0.1, 0.15) is 12.3 Å². The summed E-state index contributed by atoms with van der Waals surface area (Å²) in [6, 6.07) is 10.2. The molecule has 0 aliphatic carbocycles. The number of ether oxygens (including phenoxy) is 1. The third-order valence-electron chi connectivity index (χ3n) is 2.54. The first kappa shape index (κ1) is 13.5. The number of benzene rings is 1. The molecule has 2 aromatic rings. The first-order chi connectivity index (χ1) is 9.59. The van der Waals surface area contributed by atoms with Crippen molar-refractivity contribution < 1.29 is 14.5 Å². The second-order valence-corrected chi connectivity index (χ2v) is 3.92. The highest BCUT2D eigenvalue weighted by molar-refractivity contribution is 5.94. The molecule has 0 amide bonds. The fourth-order valence-electron chi connectivity index (χ4n) is 1.60. The largest absolute Gasteiger partial charge is 0.456 e. The molecule has 1 aromatic carbocycles. The average Bonchev–Trinajstić information content (AvgIpc) is 2.45. The zero-order valence-corrected chi connectivity index (χ0v) is 10.4. The Balaban J connectivity index is 2.18. The smallest absolute Gasteiger partial charge is 0.364 e. The van der Waals surface area contributed by atoms with Crippen LogP contribution >= 0.6 is 0 Å². The van der Waals surface area contributed by atoms with Crippen molar-refractivity contribution in [2.24, 2.45) is 0 Å². The topological polar surface area (TPSA) is 108 Å². The Kier molecular flexibility index (Phi) is 3.90. The first-order valence-corrected chi connectivity index (χ1v) is 5.69. The Labute approximate surface area is 114 Å². The minimum atomic E-state index is -0.882. The van der Waals surface area contributed by atoms with E-state index in [9.17, 15) is 14.9 Å². The monoisotopic (exact) mass is 273 g/mol. The molecule has 2 N–H and O–H groups in total. The third kappa shape index (κ3) is 2.89. The number of nitro groups is 1. The van der Waals surface area contributed by atoms with Crippen LogP contribution in [0.15, 0.2) is 42.6 Å². The molecule has 0 bridgehead atoms. The van der Waals surface area contributed by atoms with E-state index in [1.807, 2.05) is 6.07 Å². The molecule has 0 aliphatic heterocycles. The summed E-state index contributed by atoms with van der Waals surface area (Å²) >= 11 is 0. The second-order valence-electron chi connectivity index (χ2n) is 3.92. The van der Waals surface area contributed by atoms with Gasteiger partial charge in [-0.2, -0.15) is 0 Å². The fourth-order valence-corrected chi connectivity index (χ4v) is 1.60. The Morgan fingerprint density at radius 2 is 2.00 bits per heavy atom. The number of hydrogen-bond acceptors (Lipinski definition) is 6. The Morgan fingerprint density at radius 1 is 1.30 bits per heavy atom. The van der Waals surface area contributed by atoms with Crippen molar-refractivity contribution in [1.29, 1.82) is 0 Å². The standard InChI is InChI=1S/C13H11N3O4/c14-10-6-7-15-11(12(10)16(18)19)13(17)20-8-9-4-2-1-3-5-9/h1-7H,8H2,(H2,14,15). The minimum Gasteiger partial charge on any atom is -0.456 e. The van der Waals surface area contributed by atoms with Crippen LogP contribution in [0, 0.1) is 10.1 Å². The number of nitrogens with two attached hydrogens (primary N) is 1. The summed E-state index contributed by atoms with van der Waals surface area (Å²) in [5.41, 5.74) is 5.19. The van der Waals surface area contributed by atoms with Gasteiger partial charge in [-0.15, -0.1) is 0 Å². The van der Waals surface area contributed by atoms with E-state index in [0.29, 0.717) is 0 Å². The van der Waals surface area contributed by atoms with E-state index in [2.05, 4.69) is 4.98 Å². The van der Waals surface area contributed by atoms with Crippen LogP contribution in [0.25, 0.3) is 0 Å². The number of aromatic nitrogens is 1. The Hall–Kier alpha value is -2.96. The lowest BCUT2D eigenvalue weighted by atomic mass is 10.2. The van der Waals surface area contributed by atoms with Gasteiger partial charge in [-0.3, -0.25) is 10.1 Å². The van der Waals surface area contributed by atoms with Crippen molar-refractivity contribution in [3.63, 3.8) is 0 Å². The van der Waals surface area contributed by atoms with Crippen LogP contribution in [0.4, 0.5) is 11.4 Å². The maximum Gasteiger partial charge on any atom is 0.364 e. The highest BCUT2D eigenvalue weighted by Crippen LogP contribution is 2.24. The molecule has 0 aliphatic rings. The van der Waals surface area contributed by atoms with Gasteiger partial charge < -0.3 is 10.5 Å². The molecule has 7 heteroatoms. The molecule has 2 rings (SSSR count). The van der Waals surface area contributed by atoms with Crippen LogP contribution in [-0.4, -0.2) is 15.9 Å². The number of nitrogens with zero attached hydrogens (tertiary/aromatic N) is 2. The van der Waals surface area contributed by atoms with E-state index >= 15 is 0 Å². The maximum atomic E-state index is 11.9. The molecular weight excluding hydrogens is 262 g/mol. The van der Waals surface area contributed by atoms with Crippen molar-refractivity contribution >= 4 is 17.3 Å². The molecule has 0 radical (unpaired) electrons. The van der Waals surface area contributed by atoms with Gasteiger partial charge in [0, 0.05) is 6.20 Å². The van der Waals surface area contributed by atoms with E-state index in [-0.39, 0.29) is 12.3 Å². The first-order valence-electron chi connectivity index (χ1n) is 5.69. The van der Waals surface area contributed by atoms with E-state index in [1.54, 1.807) is 24.3 Å². The van der Waals surface area contributed by atoms with Gasteiger partial charge in [0.2, 0.25) is 5.69 Å². The predicted octanol–water partition coefficient (Wildman–Crippen LogP) is 1.93. The summed E-state index contributed by atoms with van der Waals surface area (Å²) in [5, 5.41) is 10.9. The van der Waals surface area contributed by atoms with Crippen molar-refractivity contribution in [3.05, 3.63) is 64.0 Å². The van der Waals surface area contributed by atoms with Gasteiger partial charge in [0.05, 0.1) is 4.92 Å². The van der Waals surface area contributed by atoms with Gasteiger partial charge >= 0.3 is 11.7 Å². The summed E-state index contributed by atoms with van der Waals surface area (Å²) in [4.78, 5) is 25.7. The quantitative estimate of drug-likeness (QED) is 0.518. The zero-order chi connectivity index (χ0) is 14.5. The van der Waals surface area contributed by atoms with Gasteiger partial charge in [0.25, 0.3) is 0 Å².